The van der Waals surface area contributed by atoms with Crippen LogP contribution in [0.1, 0.15) is 52.8 Å². The van der Waals surface area contributed by atoms with E-state index in [1.165, 1.54) is 78.3 Å². The number of hydrogen-bond acceptors (Lipinski definition) is 0. The Labute approximate surface area is 254 Å². The molecule has 0 aliphatic rings. The molecule has 37 heavy (non-hydrogen) atoms. The van der Waals surface area contributed by atoms with Crippen molar-refractivity contribution in [3.63, 3.8) is 0 Å². The molecule has 5 rings (SSSR count). The summed E-state index contributed by atoms with van der Waals surface area (Å²) in [5, 5.41) is 5.74. The van der Waals surface area contributed by atoms with E-state index in [1.807, 2.05) is 30.3 Å². The van der Waals surface area contributed by atoms with Crippen molar-refractivity contribution in [1.82, 2.24) is 0 Å². The van der Waals surface area contributed by atoms with E-state index in [1.54, 1.807) is 0 Å². The van der Waals surface area contributed by atoms with Crippen LogP contribution in [-0.4, -0.2) is 6.88 Å². The Balaban J connectivity index is 0.000000514. The number of hydrogen-bond donors (Lipinski definition) is 0. The molecule has 0 nitrogen and oxygen atoms in total. The normalized spacial score (nSPS) is 9.51. The van der Waals surface area contributed by atoms with Gasteiger partial charge in [-0.1, -0.05) is 70.9 Å². The number of halogens is 2. The molecule has 0 aromatic heterocycles. The first-order valence-electron chi connectivity index (χ1n) is 12.3. The van der Waals surface area contributed by atoms with Crippen molar-refractivity contribution >= 4 is 28.4 Å². The minimum absolute atomic E-state index is 0. The second-order valence-electron chi connectivity index (χ2n) is 9.00. The van der Waals surface area contributed by atoms with E-state index < -0.39 is 0 Å². The fraction of sp³-hybridized carbons (Fsp3) is 0.242. The Kier molecular flexibility index (Phi) is 17.1. The number of rotatable bonds is 2. The van der Waals surface area contributed by atoms with Gasteiger partial charge in [0.1, 0.15) is 0 Å². The molecule has 0 unspecified atom stereocenters. The third-order valence-electron chi connectivity index (χ3n) is 6.28. The van der Waals surface area contributed by atoms with E-state index in [-0.39, 0.29) is 24.8 Å². The molecule has 0 atom stereocenters. The zero-order valence-electron chi connectivity index (χ0n) is 22.9. The molecule has 0 aliphatic heterocycles. The van der Waals surface area contributed by atoms with Crippen LogP contribution in [0.4, 0.5) is 0 Å². The summed E-state index contributed by atoms with van der Waals surface area (Å²) in [4.78, 5) is 0. The summed E-state index contributed by atoms with van der Waals surface area (Å²) in [6.07, 6.45) is 2.25. The van der Waals surface area contributed by atoms with Gasteiger partial charge in [0.2, 0.25) is 0 Å². The van der Waals surface area contributed by atoms with Gasteiger partial charge in [-0.25, -0.2) is 0 Å². The van der Waals surface area contributed by atoms with Crippen molar-refractivity contribution in [3.05, 3.63) is 125 Å². The van der Waals surface area contributed by atoms with Crippen LogP contribution in [0, 0.1) is 34.6 Å². The molecule has 0 saturated heterocycles. The molecule has 0 N–H and O–H groups in total. The van der Waals surface area contributed by atoms with Crippen molar-refractivity contribution in [2.45, 2.75) is 54.4 Å². The Morgan fingerprint density at radius 2 is 1.03 bits per heavy atom. The van der Waals surface area contributed by atoms with E-state index in [0.717, 1.165) is 18.4 Å². The average Bonchev–Trinajstić information content (AvgIpc) is 3.46. The van der Waals surface area contributed by atoms with Crippen molar-refractivity contribution in [2.24, 2.45) is 0 Å². The molecule has 0 bridgehead atoms. The molecule has 0 spiro atoms. The number of aryl methyl sites for hydroxylation is 6. The molecule has 0 saturated carbocycles. The van der Waals surface area contributed by atoms with Gasteiger partial charge in [0.15, 0.2) is 0 Å². The monoisotopic (exact) mass is 621 g/mol. The predicted molar refractivity (Wildman–Crippen MR) is 153 cm³/mol. The van der Waals surface area contributed by atoms with Crippen molar-refractivity contribution in [2.75, 3.05) is 0 Å². The molecule has 0 heterocycles. The van der Waals surface area contributed by atoms with Crippen LogP contribution in [0.3, 0.4) is 0 Å². The van der Waals surface area contributed by atoms with Crippen LogP contribution in [0.25, 0.3) is 21.5 Å². The van der Waals surface area contributed by atoms with E-state index >= 15 is 0 Å². The van der Waals surface area contributed by atoms with Crippen molar-refractivity contribution in [1.29, 1.82) is 0 Å². The first kappa shape index (κ1) is 35.4. The summed E-state index contributed by atoms with van der Waals surface area (Å²) < 4.78 is 0. The van der Waals surface area contributed by atoms with Gasteiger partial charge in [-0.2, -0.15) is 36.8 Å². The molecule has 194 valence electrons. The molecular weight excluding hydrogens is 587 g/mol. The molecule has 5 aromatic rings. The topological polar surface area (TPSA) is 0 Å². The third kappa shape index (κ3) is 9.92. The van der Waals surface area contributed by atoms with Gasteiger partial charge in [-0.05, 0) is 12.8 Å². The molecule has 4 heteroatoms. The Morgan fingerprint density at radius 3 is 1.32 bits per heavy atom. The summed E-state index contributed by atoms with van der Waals surface area (Å²) in [5.74, 6) is 0. The van der Waals surface area contributed by atoms with Crippen LogP contribution >= 0.6 is 0 Å². The average molecular weight is 624 g/mol. The third-order valence-corrected chi connectivity index (χ3v) is 6.28. The van der Waals surface area contributed by atoms with Gasteiger partial charge < -0.3 is 24.8 Å². The second-order valence-corrected chi connectivity index (χ2v) is 9.00. The maximum absolute atomic E-state index is 3.72. The Bertz CT molecular complexity index is 1260. The summed E-state index contributed by atoms with van der Waals surface area (Å²) in [6, 6.07) is 28.0. The molecule has 0 aliphatic carbocycles. The first-order valence-corrected chi connectivity index (χ1v) is 16.5. The van der Waals surface area contributed by atoms with Crippen LogP contribution in [0.15, 0.2) is 78.9 Å². The summed E-state index contributed by atoms with van der Waals surface area (Å²) >= 11 is 1.36. The van der Waals surface area contributed by atoms with Crippen molar-refractivity contribution in [3.8, 4) is 0 Å². The van der Waals surface area contributed by atoms with Gasteiger partial charge in [0.25, 0.3) is 0 Å². The van der Waals surface area contributed by atoms with E-state index in [0.29, 0.717) is 0 Å². The minimum atomic E-state index is 0. The SMILES string of the molecule is CCc1ccc(C)c2[cH-]c(C)cc12.CCc1ccc(C)c2[cH-]c(C)cc12.[CH2-]c1ccccc1.[Cl-].[Cl-].[Si]=[Zr+2]. The molecule has 2 radical (unpaired) electrons. The van der Waals surface area contributed by atoms with Gasteiger partial charge in [0, 0.05) is 0 Å². The van der Waals surface area contributed by atoms with Crippen LogP contribution in [-0.2, 0) is 36.2 Å². The first-order chi connectivity index (χ1) is 16.8. The molecule has 5 aromatic carbocycles. The fourth-order valence-corrected chi connectivity index (χ4v) is 4.39. The number of benzene rings is 3. The second kappa shape index (κ2) is 17.8. The fourth-order valence-electron chi connectivity index (χ4n) is 4.39. The molecule has 0 amide bonds. The van der Waals surface area contributed by atoms with E-state index in [9.17, 15) is 0 Å². The van der Waals surface area contributed by atoms with Gasteiger partial charge in [0.05, 0.1) is 0 Å². The summed E-state index contributed by atoms with van der Waals surface area (Å²) in [7, 11) is 0. The van der Waals surface area contributed by atoms with Gasteiger partial charge >= 0.3 is 30.2 Å². The Morgan fingerprint density at radius 1 is 0.649 bits per heavy atom. The van der Waals surface area contributed by atoms with Crippen LogP contribution in [0.5, 0.6) is 0 Å². The summed E-state index contributed by atoms with van der Waals surface area (Å²) in [6.45, 7) is 19.9. The van der Waals surface area contributed by atoms with E-state index in [2.05, 4.69) is 104 Å². The molecule has 0 fully saturated rings. The zero-order chi connectivity index (χ0) is 26.0. The zero-order valence-corrected chi connectivity index (χ0v) is 27.9. The van der Waals surface area contributed by atoms with Crippen molar-refractivity contribution < 1.29 is 48.1 Å². The van der Waals surface area contributed by atoms with Crippen LogP contribution < -0.4 is 24.8 Å². The maximum atomic E-state index is 3.72. The standard InChI is InChI=1S/2C13H15.C7H7.2ClH.Si.Zr/c2*1-4-11-6-5-10(3)12-7-9(2)8-13(11)12;1-7-5-3-2-4-6-7;;;;/h2*5-8H,4H2,1-3H3;2-6H,1H2;2*1H;;/q3*-1;;;;+2/p-2. The Hall–Kier alpha value is -1.57. The van der Waals surface area contributed by atoms with E-state index in [4.69, 9.17) is 0 Å². The predicted octanol–water partition coefficient (Wildman–Crippen LogP) is 2.97. The quantitative estimate of drug-likeness (QED) is 0.210. The van der Waals surface area contributed by atoms with Gasteiger partial charge in [-0.3, -0.25) is 0 Å². The molecular formula is C33H37Cl2SiZr-3. The summed E-state index contributed by atoms with van der Waals surface area (Å²) in [5.41, 5.74) is 9.53. The number of fused-ring (bicyclic) bond motifs is 2. The van der Waals surface area contributed by atoms with Gasteiger partial charge in [-0.15, -0.1) is 80.2 Å². The van der Waals surface area contributed by atoms with Crippen LogP contribution in [0.2, 0.25) is 0 Å².